The van der Waals surface area contributed by atoms with E-state index in [1.54, 1.807) is 24.3 Å². The van der Waals surface area contributed by atoms with E-state index < -0.39 is 18.5 Å². The van der Waals surface area contributed by atoms with Crippen LogP contribution in [-0.4, -0.2) is 25.2 Å². The van der Waals surface area contributed by atoms with Gasteiger partial charge in [-0.3, -0.25) is 4.79 Å². The van der Waals surface area contributed by atoms with Crippen molar-refractivity contribution >= 4 is 11.6 Å². The molecule has 0 saturated heterocycles. The van der Waals surface area contributed by atoms with Crippen molar-refractivity contribution in [1.82, 2.24) is 5.32 Å². The lowest BCUT2D eigenvalue weighted by atomic mass is 10.3. The summed E-state index contributed by atoms with van der Waals surface area (Å²) in [7, 11) is 0. The van der Waals surface area contributed by atoms with Crippen molar-refractivity contribution in [3.63, 3.8) is 0 Å². The molecule has 0 spiro atoms. The van der Waals surface area contributed by atoms with Crippen molar-refractivity contribution in [3.8, 4) is 5.75 Å². The fraction of sp³-hybridized carbons (Fsp3) is 0.364. The molecule has 1 aromatic carbocycles. The predicted octanol–water partition coefficient (Wildman–Crippen LogP) is 1.72. The van der Waals surface area contributed by atoms with Gasteiger partial charge in [0.05, 0.1) is 6.54 Å². The number of carbonyl (C=O) groups is 1. The third-order valence-electron chi connectivity index (χ3n) is 1.93. The van der Waals surface area contributed by atoms with E-state index in [9.17, 15) is 18.0 Å². The van der Waals surface area contributed by atoms with Crippen LogP contribution in [0.2, 0.25) is 0 Å². The second-order valence-corrected chi connectivity index (χ2v) is 3.56. The van der Waals surface area contributed by atoms with Crippen LogP contribution in [0.15, 0.2) is 24.3 Å². The highest BCUT2D eigenvalue weighted by Crippen LogP contribution is 2.18. The van der Waals surface area contributed by atoms with Crippen molar-refractivity contribution in [3.05, 3.63) is 24.3 Å². The van der Waals surface area contributed by atoms with Crippen LogP contribution < -0.4 is 15.8 Å². The summed E-state index contributed by atoms with van der Waals surface area (Å²) in [4.78, 5) is 10.8. The second kappa shape index (κ2) is 6.13. The minimum atomic E-state index is -4.48. The first kappa shape index (κ1) is 14.1. The number of nitrogens with two attached hydrogens (primary N) is 1. The third-order valence-corrected chi connectivity index (χ3v) is 1.93. The molecule has 4 nitrogen and oxygen atoms in total. The van der Waals surface area contributed by atoms with Gasteiger partial charge in [0.15, 0.2) is 0 Å². The quantitative estimate of drug-likeness (QED) is 0.627. The number of nitrogens with one attached hydrogen (secondary N) is 1. The zero-order chi connectivity index (χ0) is 13.6. The van der Waals surface area contributed by atoms with Gasteiger partial charge in [0, 0.05) is 5.69 Å². The van der Waals surface area contributed by atoms with Crippen LogP contribution in [-0.2, 0) is 4.79 Å². The summed E-state index contributed by atoms with van der Waals surface area (Å²) in [6, 6.07) is 6.54. The zero-order valence-corrected chi connectivity index (χ0v) is 9.46. The maximum absolute atomic E-state index is 11.8. The normalized spacial score (nSPS) is 11.1. The Hall–Kier alpha value is -1.92. The molecular weight excluding hydrogens is 249 g/mol. The van der Waals surface area contributed by atoms with Gasteiger partial charge in [-0.1, -0.05) is 0 Å². The number of hydrogen-bond acceptors (Lipinski definition) is 3. The van der Waals surface area contributed by atoms with Crippen LogP contribution in [0.4, 0.5) is 18.9 Å². The molecule has 0 unspecified atom stereocenters. The minimum absolute atomic E-state index is 0.0132. The Balaban J connectivity index is 2.19. The molecule has 1 amide bonds. The number of ether oxygens (including phenoxy) is 1. The van der Waals surface area contributed by atoms with E-state index in [2.05, 4.69) is 5.32 Å². The number of halogens is 3. The lowest BCUT2D eigenvalue weighted by Gasteiger charge is -2.09. The summed E-state index contributed by atoms with van der Waals surface area (Å²) in [6.07, 6.45) is -5.96. The second-order valence-electron chi connectivity index (χ2n) is 3.56. The Morgan fingerprint density at radius 3 is 2.44 bits per heavy atom. The molecule has 0 aliphatic rings. The topological polar surface area (TPSA) is 64.3 Å². The summed E-state index contributed by atoms with van der Waals surface area (Å²) < 4.78 is 40.6. The van der Waals surface area contributed by atoms with Crippen molar-refractivity contribution < 1.29 is 22.7 Å². The molecule has 7 heteroatoms. The molecule has 0 fully saturated rings. The molecule has 0 aromatic heterocycles. The van der Waals surface area contributed by atoms with Gasteiger partial charge in [-0.2, -0.15) is 13.2 Å². The van der Waals surface area contributed by atoms with Crippen LogP contribution in [0.25, 0.3) is 0 Å². The van der Waals surface area contributed by atoms with E-state index in [4.69, 9.17) is 10.5 Å². The van der Waals surface area contributed by atoms with Crippen LogP contribution in [0, 0.1) is 0 Å². The molecule has 0 atom stereocenters. The summed E-state index contributed by atoms with van der Waals surface area (Å²) in [5.41, 5.74) is 6.04. The number of carbonyl (C=O) groups excluding carboxylic acids is 1. The van der Waals surface area contributed by atoms with E-state index >= 15 is 0 Å². The summed E-state index contributed by atoms with van der Waals surface area (Å²) in [6.45, 7) is 0.104. The molecule has 0 heterocycles. The summed E-state index contributed by atoms with van der Waals surface area (Å²) in [5, 5.41) is 2.11. The van der Waals surface area contributed by atoms with Crippen molar-refractivity contribution in [2.75, 3.05) is 18.9 Å². The molecule has 1 rings (SSSR count). The van der Waals surface area contributed by atoms with Crippen LogP contribution in [0.5, 0.6) is 5.75 Å². The molecule has 100 valence electrons. The van der Waals surface area contributed by atoms with Gasteiger partial charge in [0.2, 0.25) is 5.91 Å². The lowest BCUT2D eigenvalue weighted by molar-refractivity contribution is -0.153. The Morgan fingerprint density at radius 2 is 1.89 bits per heavy atom. The number of hydrogen-bond donors (Lipinski definition) is 2. The number of benzene rings is 1. The first-order chi connectivity index (χ1) is 8.37. The standard InChI is InChI=1S/C11H13F3N2O2/c12-11(13,14)7-10(17)16-5-6-18-9-3-1-8(15)2-4-9/h1-4H,5-7,15H2,(H,16,17). The Kier molecular flexibility index (Phi) is 4.82. The van der Waals surface area contributed by atoms with E-state index in [-0.39, 0.29) is 13.2 Å². The van der Waals surface area contributed by atoms with E-state index in [0.29, 0.717) is 11.4 Å². The first-order valence-corrected chi connectivity index (χ1v) is 5.18. The SMILES string of the molecule is Nc1ccc(OCCNC(=O)CC(F)(F)F)cc1. The van der Waals surface area contributed by atoms with Gasteiger partial charge >= 0.3 is 6.18 Å². The average Bonchev–Trinajstić information content (AvgIpc) is 2.24. The van der Waals surface area contributed by atoms with E-state index in [1.165, 1.54) is 0 Å². The molecular formula is C11H13F3N2O2. The molecule has 0 radical (unpaired) electrons. The number of alkyl halides is 3. The average molecular weight is 262 g/mol. The smallest absolute Gasteiger partial charge is 0.397 e. The monoisotopic (exact) mass is 262 g/mol. The van der Waals surface area contributed by atoms with Gasteiger partial charge in [-0.05, 0) is 24.3 Å². The van der Waals surface area contributed by atoms with Gasteiger partial charge in [-0.15, -0.1) is 0 Å². The maximum atomic E-state index is 11.8. The number of anilines is 1. The number of nitrogen functional groups attached to an aromatic ring is 1. The number of rotatable bonds is 5. The molecule has 18 heavy (non-hydrogen) atoms. The third kappa shape index (κ3) is 5.97. The van der Waals surface area contributed by atoms with Crippen molar-refractivity contribution in [2.45, 2.75) is 12.6 Å². The minimum Gasteiger partial charge on any atom is -0.492 e. The van der Waals surface area contributed by atoms with Gasteiger partial charge in [0.1, 0.15) is 18.8 Å². The van der Waals surface area contributed by atoms with Gasteiger partial charge < -0.3 is 15.8 Å². The molecule has 0 aliphatic carbocycles. The Bertz CT molecular complexity index is 390. The largest absolute Gasteiger partial charge is 0.492 e. The highest BCUT2D eigenvalue weighted by molar-refractivity contribution is 5.76. The fourth-order valence-corrected chi connectivity index (χ4v) is 1.17. The summed E-state index contributed by atoms with van der Waals surface area (Å²) >= 11 is 0. The van der Waals surface area contributed by atoms with Crippen molar-refractivity contribution in [2.24, 2.45) is 0 Å². The van der Waals surface area contributed by atoms with Crippen LogP contribution >= 0.6 is 0 Å². The van der Waals surface area contributed by atoms with E-state index in [0.717, 1.165) is 0 Å². The predicted molar refractivity (Wildman–Crippen MR) is 60.0 cm³/mol. The van der Waals surface area contributed by atoms with Crippen LogP contribution in [0.1, 0.15) is 6.42 Å². The number of amides is 1. The fourth-order valence-electron chi connectivity index (χ4n) is 1.17. The zero-order valence-electron chi connectivity index (χ0n) is 9.46. The molecule has 3 N–H and O–H groups in total. The molecule has 1 aromatic rings. The van der Waals surface area contributed by atoms with E-state index in [1.807, 2.05) is 0 Å². The molecule has 0 bridgehead atoms. The van der Waals surface area contributed by atoms with Crippen LogP contribution in [0.3, 0.4) is 0 Å². The maximum Gasteiger partial charge on any atom is 0.397 e. The lowest BCUT2D eigenvalue weighted by Crippen LogP contribution is -2.31. The van der Waals surface area contributed by atoms with Gasteiger partial charge in [-0.25, -0.2) is 0 Å². The van der Waals surface area contributed by atoms with Crippen molar-refractivity contribution in [1.29, 1.82) is 0 Å². The summed E-state index contributed by atoms with van der Waals surface area (Å²) in [5.74, 6) is -0.530. The highest BCUT2D eigenvalue weighted by atomic mass is 19.4. The van der Waals surface area contributed by atoms with Gasteiger partial charge in [0.25, 0.3) is 0 Å². The molecule has 0 aliphatic heterocycles. The highest BCUT2D eigenvalue weighted by Gasteiger charge is 2.30. The Morgan fingerprint density at radius 1 is 1.28 bits per heavy atom. The Labute approximate surface area is 102 Å². The molecule has 0 saturated carbocycles. The first-order valence-electron chi connectivity index (χ1n) is 5.18.